The van der Waals surface area contributed by atoms with Crippen LogP contribution in [-0.2, 0) is 9.59 Å². The Morgan fingerprint density at radius 2 is 2.47 bits per heavy atom. The Hall–Kier alpha value is -1.69. The lowest BCUT2D eigenvalue weighted by Crippen LogP contribution is -2.60. The predicted octanol–water partition coefficient (Wildman–Crippen LogP) is 1.67. The molecule has 0 bridgehead atoms. The molecule has 2 atom stereocenters. The van der Waals surface area contributed by atoms with Crippen molar-refractivity contribution >= 4 is 29.7 Å². The van der Waals surface area contributed by atoms with Crippen molar-refractivity contribution in [3.8, 4) is 0 Å². The number of thioether (sulfide) groups is 1. The van der Waals surface area contributed by atoms with Crippen LogP contribution in [0.25, 0.3) is 6.08 Å². The molecule has 6 heteroatoms. The maximum absolute atomic E-state index is 11.6. The third kappa shape index (κ3) is 2.06. The van der Waals surface area contributed by atoms with Gasteiger partial charge in [-0.2, -0.15) is 0 Å². The summed E-state index contributed by atoms with van der Waals surface area (Å²) in [6, 6.07) is 3.51. The van der Waals surface area contributed by atoms with E-state index in [1.165, 1.54) is 18.0 Å². The zero-order valence-corrected chi connectivity index (χ0v) is 10.9. The van der Waals surface area contributed by atoms with Crippen molar-refractivity contribution in [3.05, 3.63) is 30.2 Å². The van der Waals surface area contributed by atoms with Gasteiger partial charge < -0.3 is 14.4 Å². The number of nitrogens with zero attached hydrogens (tertiary/aromatic N) is 1. The highest BCUT2D eigenvalue weighted by atomic mass is 32.2. The number of hydrogen-bond donors (Lipinski definition) is 1. The van der Waals surface area contributed by atoms with E-state index < -0.39 is 11.4 Å². The summed E-state index contributed by atoms with van der Waals surface area (Å²) in [4.78, 5) is 24.7. The number of amides is 1. The van der Waals surface area contributed by atoms with Crippen molar-refractivity contribution < 1.29 is 19.1 Å². The molecule has 1 unspecified atom stereocenters. The second-order valence-electron chi connectivity index (χ2n) is 4.80. The third-order valence-electron chi connectivity index (χ3n) is 3.54. The fourth-order valence-electron chi connectivity index (χ4n) is 2.29. The van der Waals surface area contributed by atoms with Crippen molar-refractivity contribution in [1.82, 2.24) is 4.90 Å². The first kappa shape index (κ1) is 12.3. The van der Waals surface area contributed by atoms with E-state index >= 15 is 0 Å². The summed E-state index contributed by atoms with van der Waals surface area (Å²) in [7, 11) is 0. The number of furan rings is 1. The Morgan fingerprint density at radius 1 is 1.63 bits per heavy atom. The molecule has 2 aliphatic rings. The highest BCUT2D eigenvalue weighted by Crippen LogP contribution is 2.42. The molecule has 2 aliphatic heterocycles. The minimum absolute atomic E-state index is 0.0363. The summed E-state index contributed by atoms with van der Waals surface area (Å²) >= 11 is 1.53. The van der Waals surface area contributed by atoms with E-state index in [1.54, 1.807) is 29.2 Å². The van der Waals surface area contributed by atoms with Crippen LogP contribution >= 0.6 is 11.8 Å². The van der Waals surface area contributed by atoms with Crippen LogP contribution in [0.4, 0.5) is 0 Å². The van der Waals surface area contributed by atoms with Gasteiger partial charge in [0.2, 0.25) is 5.91 Å². The van der Waals surface area contributed by atoms with E-state index in [4.69, 9.17) is 4.42 Å². The second-order valence-corrected chi connectivity index (χ2v) is 5.97. The molecule has 0 aromatic carbocycles. The third-order valence-corrected chi connectivity index (χ3v) is 5.03. The highest BCUT2D eigenvalue weighted by molar-refractivity contribution is 8.00. The molecule has 2 fully saturated rings. The first-order valence-corrected chi connectivity index (χ1v) is 7.03. The quantitative estimate of drug-likeness (QED) is 0.852. The molecule has 1 aromatic heterocycles. The molecule has 1 amide bonds. The predicted molar refractivity (Wildman–Crippen MR) is 70.4 cm³/mol. The normalized spacial score (nSPS) is 30.2. The summed E-state index contributed by atoms with van der Waals surface area (Å²) in [5, 5.41) is 9.66. The summed E-state index contributed by atoms with van der Waals surface area (Å²) in [6.07, 6.45) is 5.38. The van der Waals surface area contributed by atoms with E-state index in [1.807, 2.05) is 0 Å². The van der Waals surface area contributed by atoms with Crippen molar-refractivity contribution in [3.63, 3.8) is 0 Å². The van der Waals surface area contributed by atoms with Crippen LogP contribution < -0.4 is 0 Å². The SMILES string of the molecule is O=C1C[C@H]2SCC(C=Cc3ccco3)(C(=O)O)CN12. The largest absolute Gasteiger partial charge is 0.481 e. The number of rotatable bonds is 3. The molecule has 1 N–H and O–H groups in total. The lowest BCUT2D eigenvalue weighted by molar-refractivity contribution is -0.152. The molecule has 0 radical (unpaired) electrons. The topological polar surface area (TPSA) is 70.8 Å². The lowest BCUT2D eigenvalue weighted by atomic mass is 9.87. The first-order valence-electron chi connectivity index (χ1n) is 5.98. The fraction of sp³-hybridized carbons (Fsp3) is 0.385. The monoisotopic (exact) mass is 279 g/mol. The molecule has 1 aromatic rings. The zero-order chi connectivity index (χ0) is 13.5. The maximum Gasteiger partial charge on any atom is 0.316 e. The van der Waals surface area contributed by atoms with E-state index in [0.717, 1.165) is 0 Å². The average molecular weight is 279 g/mol. The van der Waals surface area contributed by atoms with Crippen LogP contribution in [0.5, 0.6) is 0 Å². The number of carbonyl (C=O) groups is 2. The molecule has 3 rings (SSSR count). The number of hydrogen-bond acceptors (Lipinski definition) is 4. The summed E-state index contributed by atoms with van der Waals surface area (Å²) in [5.41, 5.74) is -1.02. The van der Waals surface area contributed by atoms with Gasteiger partial charge in [0.05, 0.1) is 18.1 Å². The standard InChI is InChI=1S/C13H13NO4S/c15-10-6-11-14(10)7-13(8-19-11,12(16)17)4-3-9-2-1-5-18-9/h1-5,11H,6-8H2,(H,16,17)/t11-,13?/m1/s1. The number of carboxylic acids is 1. The molecule has 5 nitrogen and oxygen atoms in total. The number of β-lactam (4-membered cyclic amide) rings is 1. The van der Waals surface area contributed by atoms with Crippen LogP contribution in [0.15, 0.2) is 28.9 Å². The van der Waals surface area contributed by atoms with Crippen molar-refractivity contribution in [1.29, 1.82) is 0 Å². The Balaban J connectivity index is 1.83. The average Bonchev–Trinajstić information content (AvgIpc) is 2.89. The van der Waals surface area contributed by atoms with Crippen LogP contribution in [0.3, 0.4) is 0 Å². The molecular weight excluding hydrogens is 266 g/mol. The van der Waals surface area contributed by atoms with Crippen LogP contribution in [0.1, 0.15) is 12.2 Å². The zero-order valence-electron chi connectivity index (χ0n) is 10.1. The van der Waals surface area contributed by atoms with Gasteiger partial charge in [0, 0.05) is 12.3 Å². The number of fused-ring (bicyclic) bond motifs is 1. The van der Waals surface area contributed by atoms with Gasteiger partial charge in [0.15, 0.2) is 0 Å². The van der Waals surface area contributed by atoms with E-state index in [9.17, 15) is 14.7 Å². The van der Waals surface area contributed by atoms with E-state index in [-0.39, 0.29) is 17.8 Å². The molecule has 3 heterocycles. The molecule has 0 aliphatic carbocycles. The smallest absolute Gasteiger partial charge is 0.316 e. The summed E-state index contributed by atoms with van der Waals surface area (Å²) in [5.74, 6) is 0.228. The molecular formula is C13H13NO4S. The minimum atomic E-state index is -1.02. The Kier molecular flexibility index (Phi) is 2.89. The number of aliphatic carboxylic acids is 1. The van der Waals surface area contributed by atoms with Gasteiger partial charge in [0.1, 0.15) is 11.2 Å². The summed E-state index contributed by atoms with van der Waals surface area (Å²) < 4.78 is 5.17. The van der Waals surface area contributed by atoms with Crippen molar-refractivity contribution in [2.45, 2.75) is 11.8 Å². The van der Waals surface area contributed by atoms with Crippen LogP contribution in [-0.4, -0.2) is 39.6 Å². The maximum atomic E-state index is 11.6. The molecule has 19 heavy (non-hydrogen) atoms. The van der Waals surface area contributed by atoms with Crippen molar-refractivity contribution in [2.75, 3.05) is 12.3 Å². The van der Waals surface area contributed by atoms with Crippen LogP contribution in [0, 0.1) is 5.41 Å². The van der Waals surface area contributed by atoms with Gasteiger partial charge in [-0.3, -0.25) is 9.59 Å². The molecule has 2 saturated heterocycles. The highest BCUT2D eigenvalue weighted by Gasteiger charge is 2.50. The first-order chi connectivity index (χ1) is 9.11. The fourth-order valence-corrected chi connectivity index (χ4v) is 3.72. The van der Waals surface area contributed by atoms with Gasteiger partial charge in [-0.15, -0.1) is 11.8 Å². The van der Waals surface area contributed by atoms with E-state index in [2.05, 4.69) is 0 Å². The summed E-state index contributed by atoms with van der Waals surface area (Å²) in [6.45, 7) is 0.246. The van der Waals surface area contributed by atoms with Gasteiger partial charge in [-0.1, -0.05) is 6.08 Å². The van der Waals surface area contributed by atoms with Gasteiger partial charge in [-0.25, -0.2) is 0 Å². The van der Waals surface area contributed by atoms with E-state index in [0.29, 0.717) is 17.9 Å². The lowest BCUT2D eigenvalue weighted by Gasteiger charge is -2.48. The molecule has 0 saturated carbocycles. The van der Waals surface area contributed by atoms with Crippen LogP contribution in [0.2, 0.25) is 0 Å². The minimum Gasteiger partial charge on any atom is -0.481 e. The number of carbonyl (C=O) groups excluding carboxylic acids is 1. The van der Waals surface area contributed by atoms with Gasteiger partial charge >= 0.3 is 5.97 Å². The number of carboxylic acid groups (broad SMARTS) is 1. The molecule has 100 valence electrons. The second kappa shape index (κ2) is 4.45. The Labute approximate surface area is 114 Å². The Bertz CT molecular complexity index is 539. The van der Waals surface area contributed by atoms with Gasteiger partial charge in [0.25, 0.3) is 0 Å². The van der Waals surface area contributed by atoms with Gasteiger partial charge in [-0.05, 0) is 18.2 Å². The molecule has 0 spiro atoms. The Morgan fingerprint density at radius 3 is 3.11 bits per heavy atom. The van der Waals surface area contributed by atoms with Crippen molar-refractivity contribution in [2.24, 2.45) is 5.41 Å².